The molecule has 2 heterocycles. The zero-order valence-electron chi connectivity index (χ0n) is 9.24. The minimum absolute atomic E-state index is 0.493. The number of hydrogen-bond acceptors (Lipinski definition) is 3. The summed E-state index contributed by atoms with van der Waals surface area (Å²) in [4.78, 5) is 4.34. The number of pyridine rings is 1. The molecule has 0 spiro atoms. The highest BCUT2D eigenvalue weighted by atomic mass is 35.5. The summed E-state index contributed by atoms with van der Waals surface area (Å²) in [6, 6.07) is 2.01. The van der Waals surface area contributed by atoms with Gasteiger partial charge in [-0.3, -0.25) is 0 Å². The van der Waals surface area contributed by atoms with Crippen molar-refractivity contribution in [3.05, 3.63) is 40.3 Å². The summed E-state index contributed by atoms with van der Waals surface area (Å²) in [6.45, 7) is 4.34. The molecular weight excluding hydrogens is 224 g/mol. The zero-order valence-corrected chi connectivity index (χ0v) is 9.99. The first-order chi connectivity index (χ1) is 7.61. The maximum atomic E-state index is 5.96. The fraction of sp³-hybridized carbons (Fsp3) is 0.273. The van der Waals surface area contributed by atoms with Crippen molar-refractivity contribution in [2.45, 2.75) is 20.4 Å². The van der Waals surface area contributed by atoms with Crippen LogP contribution in [-0.4, -0.2) is 14.8 Å². The van der Waals surface area contributed by atoms with Gasteiger partial charge in [0.05, 0.1) is 16.9 Å². The maximum Gasteiger partial charge on any atom is 0.156 e. The number of hydrogen-bond donors (Lipinski definition) is 1. The SMILES string of the molecule is Cc1cc(CN)cnc1-n1cc(Cl)c(C)n1. The summed E-state index contributed by atoms with van der Waals surface area (Å²) in [5.41, 5.74) is 8.39. The molecule has 0 bridgehead atoms. The van der Waals surface area contributed by atoms with Gasteiger partial charge in [0, 0.05) is 12.7 Å². The van der Waals surface area contributed by atoms with Crippen LogP contribution in [0.5, 0.6) is 0 Å². The molecule has 5 heteroatoms. The normalized spacial score (nSPS) is 10.8. The van der Waals surface area contributed by atoms with Gasteiger partial charge in [-0.05, 0) is 31.0 Å². The number of aryl methyl sites for hydroxylation is 2. The van der Waals surface area contributed by atoms with Crippen LogP contribution in [0.25, 0.3) is 5.82 Å². The second kappa shape index (κ2) is 4.23. The molecule has 84 valence electrons. The van der Waals surface area contributed by atoms with Crippen LogP contribution in [0, 0.1) is 13.8 Å². The van der Waals surface area contributed by atoms with Gasteiger partial charge >= 0.3 is 0 Å². The Morgan fingerprint density at radius 1 is 1.44 bits per heavy atom. The highest BCUT2D eigenvalue weighted by Crippen LogP contribution is 2.17. The molecule has 0 aliphatic heterocycles. The van der Waals surface area contributed by atoms with Crippen molar-refractivity contribution in [1.82, 2.24) is 14.8 Å². The summed E-state index contributed by atoms with van der Waals surface area (Å²) >= 11 is 5.96. The largest absolute Gasteiger partial charge is 0.326 e. The van der Waals surface area contributed by atoms with Gasteiger partial charge in [0.15, 0.2) is 5.82 Å². The molecule has 0 amide bonds. The second-order valence-corrected chi connectivity index (χ2v) is 4.10. The van der Waals surface area contributed by atoms with Crippen LogP contribution in [0.4, 0.5) is 0 Å². The Balaban J connectivity index is 2.48. The molecule has 2 rings (SSSR count). The molecular formula is C11H13ClN4. The summed E-state index contributed by atoms with van der Waals surface area (Å²) in [6.07, 6.45) is 3.52. The van der Waals surface area contributed by atoms with Gasteiger partial charge in [-0.25, -0.2) is 9.67 Å². The highest BCUT2D eigenvalue weighted by molar-refractivity contribution is 6.31. The average molecular weight is 237 g/mol. The van der Waals surface area contributed by atoms with Gasteiger partial charge in [0.2, 0.25) is 0 Å². The lowest BCUT2D eigenvalue weighted by atomic mass is 10.2. The average Bonchev–Trinajstić information content (AvgIpc) is 2.58. The van der Waals surface area contributed by atoms with E-state index < -0.39 is 0 Å². The standard InChI is InChI=1S/C11H13ClN4/c1-7-3-9(4-13)5-14-11(7)16-6-10(12)8(2)15-16/h3,5-6H,4,13H2,1-2H3. The Morgan fingerprint density at radius 3 is 2.69 bits per heavy atom. The fourth-order valence-electron chi connectivity index (χ4n) is 1.52. The lowest BCUT2D eigenvalue weighted by Crippen LogP contribution is -2.04. The molecule has 0 saturated carbocycles. The Bertz CT molecular complexity index is 499. The van der Waals surface area contributed by atoms with Crippen molar-refractivity contribution in [2.24, 2.45) is 5.73 Å². The number of aromatic nitrogens is 3. The molecule has 0 aromatic carbocycles. The Labute approximate surface area is 99.1 Å². The van der Waals surface area contributed by atoms with E-state index in [1.807, 2.05) is 19.9 Å². The molecule has 0 fully saturated rings. The third-order valence-corrected chi connectivity index (χ3v) is 2.77. The molecule has 0 unspecified atom stereocenters. The van der Waals surface area contributed by atoms with Crippen LogP contribution < -0.4 is 5.73 Å². The Kier molecular flexibility index (Phi) is 2.94. The van der Waals surface area contributed by atoms with Crippen LogP contribution in [-0.2, 0) is 6.54 Å². The van der Waals surface area contributed by atoms with Crippen LogP contribution >= 0.6 is 11.6 Å². The zero-order chi connectivity index (χ0) is 11.7. The maximum absolute atomic E-state index is 5.96. The Hall–Kier alpha value is -1.39. The minimum Gasteiger partial charge on any atom is -0.326 e. The first kappa shape index (κ1) is 11.1. The van der Waals surface area contributed by atoms with Crippen molar-refractivity contribution in [3.8, 4) is 5.82 Å². The second-order valence-electron chi connectivity index (χ2n) is 3.70. The van der Waals surface area contributed by atoms with Gasteiger partial charge in [0.1, 0.15) is 0 Å². The minimum atomic E-state index is 0.493. The summed E-state index contributed by atoms with van der Waals surface area (Å²) in [5.74, 6) is 0.784. The van der Waals surface area contributed by atoms with Gasteiger partial charge in [-0.2, -0.15) is 5.10 Å². The fourth-order valence-corrected chi connectivity index (χ4v) is 1.66. The smallest absolute Gasteiger partial charge is 0.156 e. The number of halogens is 1. The summed E-state index contributed by atoms with van der Waals surface area (Å²) in [7, 11) is 0. The van der Waals surface area contributed by atoms with Crippen molar-refractivity contribution in [2.75, 3.05) is 0 Å². The quantitative estimate of drug-likeness (QED) is 0.868. The van der Waals surface area contributed by atoms with Crippen molar-refractivity contribution >= 4 is 11.6 Å². The van der Waals surface area contributed by atoms with E-state index in [0.717, 1.165) is 22.6 Å². The van der Waals surface area contributed by atoms with Crippen molar-refractivity contribution < 1.29 is 0 Å². The molecule has 2 N–H and O–H groups in total. The van der Waals surface area contributed by atoms with Crippen molar-refractivity contribution in [3.63, 3.8) is 0 Å². The Morgan fingerprint density at radius 2 is 2.19 bits per heavy atom. The summed E-state index contributed by atoms with van der Waals surface area (Å²) in [5, 5.41) is 4.93. The van der Waals surface area contributed by atoms with E-state index in [-0.39, 0.29) is 0 Å². The molecule has 4 nitrogen and oxygen atoms in total. The third-order valence-electron chi connectivity index (χ3n) is 2.40. The van der Waals surface area contributed by atoms with Crippen LogP contribution in [0.2, 0.25) is 5.02 Å². The first-order valence-corrected chi connectivity index (χ1v) is 5.37. The van der Waals surface area contributed by atoms with Crippen molar-refractivity contribution in [1.29, 1.82) is 0 Å². The van der Waals surface area contributed by atoms with Crippen LogP contribution in [0.15, 0.2) is 18.5 Å². The first-order valence-electron chi connectivity index (χ1n) is 4.99. The van der Waals surface area contributed by atoms with Gasteiger partial charge in [-0.1, -0.05) is 11.6 Å². The van der Waals surface area contributed by atoms with E-state index in [0.29, 0.717) is 11.6 Å². The van der Waals surface area contributed by atoms with Gasteiger partial charge in [-0.15, -0.1) is 0 Å². The molecule has 0 aliphatic carbocycles. The third kappa shape index (κ3) is 1.94. The molecule has 0 radical (unpaired) electrons. The van der Waals surface area contributed by atoms with Crippen LogP contribution in [0.3, 0.4) is 0 Å². The molecule has 2 aromatic heterocycles. The summed E-state index contributed by atoms with van der Waals surface area (Å²) < 4.78 is 1.69. The predicted octanol–water partition coefficient (Wildman–Crippen LogP) is 2.00. The number of nitrogens with zero attached hydrogens (tertiary/aromatic N) is 3. The predicted molar refractivity (Wildman–Crippen MR) is 63.7 cm³/mol. The van der Waals surface area contributed by atoms with E-state index in [1.165, 1.54) is 0 Å². The van der Waals surface area contributed by atoms with Gasteiger partial charge < -0.3 is 5.73 Å². The van der Waals surface area contributed by atoms with E-state index in [1.54, 1.807) is 17.1 Å². The molecule has 0 atom stereocenters. The van der Waals surface area contributed by atoms with E-state index in [9.17, 15) is 0 Å². The number of nitrogens with two attached hydrogens (primary N) is 1. The van der Waals surface area contributed by atoms with Crippen LogP contribution in [0.1, 0.15) is 16.8 Å². The molecule has 0 saturated heterocycles. The number of rotatable bonds is 2. The monoisotopic (exact) mass is 236 g/mol. The molecule has 2 aromatic rings. The van der Waals surface area contributed by atoms with E-state index >= 15 is 0 Å². The lowest BCUT2D eigenvalue weighted by molar-refractivity contribution is 0.820. The molecule has 0 aliphatic rings. The van der Waals surface area contributed by atoms with Gasteiger partial charge in [0.25, 0.3) is 0 Å². The van der Waals surface area contributed by atoms with E-state index in [4.69, 9.17) is 17.3 Å². The lowest BCUT2D eigenvalue weighted by Gasteiger charge is -2.05. The topological polar surface area (TPSA) is 56.7 Å². The van der Waals surface area contributed by atoms with E-state index in [2.05, 4.69) is 10.1 Å². The highest BCUT2D eigenvalue weighted by Gasteiger charge is 2.07. The molecule has 16 heavy (non-hydrogen) atoms.